The predicted octanol–water partition coefficient (Wildman–Crippen LogP) is 1.79. The summed E-state index contributed by atoms with van der Waals surface area (Å²) in [7, 11) is 0. The Balaban J connectivity index is 1.95. The number of aliphatic hydroxyl groups excluding tert-OH is 1. The summed E-state index contributed by atoms with van der Waals surface area (Å²) in [5.74, 6) is 0.731. The zero-order valence-electron chi connectivity index (χ0n) is 10.5. The van der Waals surface area contributed by atoms with Crippen LogP contribution in [0.4, 0.5) is 5.13 Å². The maximum atomic E-state index is 11.7. The van der Waals surface area contributed by atoms with Gasteiger partial charge in [0, 0.05) is 0 Å². The highest BCUT2D eigenvalue weighted by molar-refractivity contribution is 7.22. The molecule has 1 fully saturated rings. The van der Waals surface area contributed by atoms with Gasteiger partial charge in [-0.15, -0.1) is 0 Å². The van der Waals surface area contributed by atoms with Crippen LogP contribution in [0.3, 0.4) is 0 Å². The maximum Gasteiger partial charge on any atom is 0.231 e. The van der Waals surface area contributed by atoms with Gasteiger partial charge in [-0.2, -0.15) is 0 Å². The Morgan fingerprint density at radius 3 is 3.11 bits per heavy atom. The van der Waals surface area contributed by atoms with Gasteiger partial charge in [0.2, 0.25) is 5.91 Å². The number of amides is 1. The van der Waals surface area contributed by atoms with Crippen molar-refractivity contribution in [2.75, 3.05) is 18.1 Å². The van der Waals surface area contributed by atoms with Gasteiger partial charge >= 0.3 is 0 Å². The Labute approximate surface area is 114 Å². The SMILES string of the molecule is CCOc1ccc2nc(N3CC(O)CC3=O)sc2c1. The van der Waals surface area contributed by atoms with Gasteiger partial charge in [0.05, 0.1) is 35.9 Å². The number of nitrogens with zero attached hydrogens (tertiary/aromatic N) is 2. The minimum atomic E-state index is -0.585. The van der Waals surface area contributed by atoms with Crippen molar-refractivity contribution in [3.63, 3.8) is 0 Å². The predicted molar refractivity (Wildman–Crippen MR) is 73.8 cm³/mol. The molecule has 19 heavy (non-hydrogen) atoms. The van der Waals surface area contributed by atoms with Gasteiger partial charge in [-0.05, 0) is 25.1 Å². The van der Waals surface area contributed by atoms with Crippen molar-refractivity contribution in [1.29, 1.82) is 0 Å². The Kier molecular flexibility index (Phi) is 3.12. The molecule has 1 unspecified atom stereocenters. The van der Waals surface area contributed by atoms with E-state index in [-0.39, 0.29) is 12.3 Å². The van der Waals surface area contributed by atoms with Crippen LogP contribution in [0.1, 0.15) is 13.3 Å². The average molecular weight is 278 g/mol. The lowest BCUT2D eigenvalue weighted by Crippen LogP contribution is -2.24. The molecule has 0 spiro atoms. The van der Waals surface area contributed by atoms with Crippen LogP contribution in [-0.2, 0) is 4.79 Å². The van der Waals surface area contributed by atoms with E-state index in [4.69, 9.17) is 4.74 Å². The van der Waals surface area contributed by atoms with Crippen molar-refractivity contribution in [2.24, 2.45) is 0 Å². The third-order valence-electron chi connectivity index (χ3n) is 3.00. The minimum absolute atomic E-state index is 0.0726. The van der Waals surface area contributed by atoms with Crippen LogP contribution in [0.15, 0.2) is 18.2 Å². The van der Waals surface area contributed by atoms with Crippen LogP contribution in [-0.4, -0.2) is 35.3 Å². The Hall–Kier alpha value is -1.66. The molecule has 5 nitrogen and oxygen atoms in total. The highest BCUT2D eigenvalue weighted by Crippen LogP contribution is 2.33. The first kappa shape index (κ1) is 12.4. The number of ether oxygens (including phenoxy) is 1. The van der Waals surface area contributed by atoms with E-state index in [0.717, 1.165) is 16.0 Å². The van der Waals surface area contributed by atoms with E-state index >= 15 is 0 Å². The number of rotatable bonds is 3. The molecule has 0 radical (unpaired) electrons. The Morgan fingerprint density at radius 2 is 2.42 bits per heavy atom. The van der Waals surface area contributed by atoms with E-state index in [2.05, 4.69) is 4.98 Å². The van der Waals surface area contributed by atoms with Gasteiger partial charge in [-0.25, -0.2) is 4.98 Å². The first-order valence-corrected chi connectivity index (χ1v) is 7.01. The van der Waals surface area contributed by atoms with Gasteiger partial charge in [0.1, 0.15) is 5.75 Å². The highest BCUT2D eigenvalue weighted by Gasteiger charge is 2.31. The molecule has 1 atom stereocenters. The third kappa shape index (κ3) is 2.29. The van der Waals surface area contributed by atoms with Crippen LogP contribution >= 0.6 is 11.3 Å². The molecule has 1 amide bonds. The number of aromatic nitrogens is 1. The second-order valence-corrected chi connectivity index (χ2v) is 5.43. The monoisotopic (exact) mass is 278 g/mol. The number of thiazole rings is 1. The smallest absolute Gasteiger partial charge is 0.231 e. The van der Waals surface area contributed by atoms with E-state index in [1.807, 2.05) is 25.1 Å². The molecule has 1 aliphatic heterocycles. The van der Waals surface area contributed by atoms with E-state index in [1.54, 1.807) is 4.90 Å². The average Bonchev–Trinajstić information content (AvgIpc) is 2.92. The molecule has 1 aromatic carbocycles. The van der Waals surface area contributed by atoms with E-state index in [0.29, 0.717) is 18.3 Å². The Morgan fingerprint density at radius 1 is 1.58 bits per heavy atom. The summed E-state index contributed by atoms with van der Waals surface area (Å²) in [5, 5.41) is 10.2. The number of carbonyl (C=O) groups excluding carboxylic acids is 1. The molecule has 0 aliphatic carbocycles. The summed E-state index contributed by atoms with van der Waals surface area (Å²) in [6, 6.07) is 5.68. The van der Waals surface area contributed by atoms with Crippen molar-refractivity contribution in [2.45, 2.75) is 19.4 Å². The molecule has 1 aliphatic rings. The fourth-order valence-electron chi connectivity index (χ4n) is 2.14. The van der Waals surface area contributed by atoms with Gasteiger partial charge in [-0.1, -0.05) is 11.3 Å². The number of hydrogen-bond acceptors (Lipinski definition) is 5. The molecule has 2 aromatic rings. The molecule has 1 aromatic heterocycles. The molecule has 1 N–H and O–H groups in total. The molecule has 1 saturated heterocycles. The zero-order chi connectivity index (χ0) is 13.4. The molecule has 100 valence electrons. The second-order valence-electron chi connectivity index (χ2n) is 4.42. The first-order chi connectivity index (χ1) is 9.17. The summed E-state index contributed by atoms with van der Waals surface area (Å²) >= 11 is 1.44. The van der Waals surface area contributed by atoms with Crippen LogP contribution in [0.5, 0.6) is 5.75 Å². The maximum absolute atomic E-state index is 11.7. The summed E-state index contributed by atoms with van der Waals surface area (Å²) in [6.07, 6.45) is -0.404. The van der Waals surface area contributed by atoms with Crippen molar-refractivity contribution in [1.82, 2.24) is 4.98 Å². The molecular weight excluding hydrogens is 264 g/mol. The first-order valence-electron chi connectivity index (χ1n) is 6.19. The topological polar surface area (TPSA) is 62.7 Å². The lowest BCUT2D eigenvalue weighted by Gasteiger charge is -2.10. The molecule has 3 rings (SSSR count). The fraction of sp³-hybridized carbons (Fsp3) is 0.385. The summed E-state index contributed by atoms with van der Waals surface area (Å²) in [6.45, 7) is 2.89. The largest absolute Gasteiger partial charge is 0.494 e. The minimum Gasteiger partial charge on any atom is -0.494 e. The van der Waals surface area contributed by atoms with Crippen molar-refractivity contribution < 1.29 is 14.6 Å². The van der Waals surface area contributed by atoms with Crippen LogP contribution < -0.4 is 9.64 Å². The molecule has 2 heterocycles. The quantitative estimate of drug-likeness (QED) is 0.929. The van der Waals surface area contributed by atoms with E-state index < -0.39 is 6.10 Å². The van der Waals surface area contributed by atoms with Gasteiger partial charge in [-0.3, -0.25) is 9.69 Å². The number of benzene rings is 1. The summed E-state index contributed by atoms with van der Waals surface area (Å²) in [4.78, 5) is 17.7. The Bertz CT molecular complexity index is 625. The van der Waals surface area contributed by atoms with Crippen molar-refractivity contribution >= 4 is 32.6 Å². The van der Waals surface area contributed by atoms with Gasteiger partial charge < -0.3 is 9.84 Å². The van der Waals surface area contributed by atoms with Gasteiger partial charge in [0.15, 0.2) is 5.13 Å². The summed E-state index contributed by atoms with van der Waals surface area (Å²) in [5.41, 5.74) is 0.845. The summed E-state index contributed by atoms with van der Waals surface area (Å²) < 4.78 is 6.43. The number of fused-ring (bicyclic) bond motifs is 1. The standard InChI is InChI=1S/C13H14N2O3S/c1-2-18-9-3-4-10-11(6-9)19-13(14-10)15-7-8(16)5-12(15)17/h3-4,6,8,16H,2,5,7H2,1H3. The van der Waals surface area contributed by atoms with Crippen LogP contribution in [0.25, 0.3) is 10.2 Å². The molecular formula is C13H14N2O3S. The third-order valence-corrected chi connectivity index (χ3v) is 4.04. The normalized spacial score (nSPS) is 19.4. The van der Waals surface area contributed by atoms with E-state index in [9.17, 15) is 9.90 Å². The number of hydrogen-bond donors (Lipinski definition) is 1. The molecule has 0 saturated carbocycles. The molecule has 6 heteroatoms. The van der Waals surface area contributed by atoms with Crippen LogP contribution in [0, 0.1) is 0 Å². The second kappa shape index (κ2) is 4.79. The lowest BCUT2D eigenvalue weighted by atomic mass is 10.3. The number of carbonyl (C=O) groups is 1. The zero-order valence-corrected chi connectivity index (χ0v) is 11.3. The van der Waals surface area contributed by atoms with E-state index in [1.165, 1.54) is 11.3 Å². The van der Waals surface area contributed by atoms with Crippen LogP contribution in [0.2, 0.25) is 0 Å². The number of aliphatic hydroxyl groups is 1. The molecule has 0 bridgehead atoms. The van der Waals surface area contributed by atoms with Gasteiger partial charge in [0.25, 0.3) is 0 Å². The number of β-amino-alcohol motifs (C(OH)–C–C–N with tert-alkyl or cyclic N) is 1. The lowest BCUT2D eigenvalue weighted by molar-refractivity contribution is -0.117. The highest BCUT2D eigenvalue weighted by atomic mass is 32.1. The van der Waals surface area contributed by atoms with Crippen molar-refractivity contribution in [3.8, 4) is 5.75 Å². The fourth-order valence-corrected chi connectivity index (χ4v) is 3.16. The number of anilines is 1. The van der Waals surface area contributed by atoms with Crippen molar-refractivity contribution in [3.05, 3.63) is 18.2 Å².